The third kappa shape index (κ3) is 14.5. The Morgan fingerprint density at radius 2 is 1.71 bits per heavy atom. The summed E-state index contributed by atoms with van der Waals surface area (Å²) in [7, 11) is -17.6. The van der Waals surface area contributed by atoms with E-state index in [4.69, 9.17) is 10.5 Å². The summed E-state index contributed by atoms with van der Waals surface area (Å²) in [6.45, 7) is 3.49. The van der Waals surface area contributed by atoms with Crippen LogP contribution >= 0.6 is 35.2 Å². The Labute approximate surface area is 335 Å². The number of nitrogen functional groups attached to an aromatic ring is 1. The number of aliphatic hydroxyl groups excluding tert-OH is 2. The first-order valence-electron chi connectivity index (χ1n) is 17.4. The summed E-state index contributed by atoms with van der Waals surface area (Å²) in [6, 6.07) is 0. The van der Waals surface area contributed by atoms with Gasteiger partial charge in [0.1, 0.15) is 42.0 Å². The van der Waals surface area contributed by atoms with Crippen molar-refractivity contribution in [1.82, 2.24) is 30.2 Å². The number of nitrogens with one attached hydrogen (secondary N) is 2. The maximum atomic E-state index is 12.6. The second kappa shape index (κ2) is 21.2. The number of hydrogen-bond donors (Lipinski definition) is 5. The average molecular weight is 904 g/mol. The number of amides is 2. The molecule has 25 nitrogen and oxygen atoms in total. The average Bonchev–Trinajstić information content (AvgIpc) is 3.68. The van der Waals surface area contributed by atoms with Crippen LogP contribution in [0.2, 0.25) is 0 Å². The molecule has 1 aliphatic heterocycles. The molecule has 2 aromatic heterocycles. The molecular weight excluding hydrogens is 859 g/mol. The molecule has 1 fully saturated rings. The lowest BCUT2D eigenvalue weighted by atomic mass is 9.87. The molecule has 328 valence electrons. The predicted octanol–water partition coefficient (Wildman–Crippen LogP) is -2.47. The molecule has 8 atom stereocenters. The van der Waals surface area contributed by atoms with Crippen molar-refractivity contribution in [3.8, 4) is 0 Å². The van der Waals surface area contributed by atoms with Gasteiger partial charge in [-0.3, -0.25) is 32.9 Å². The van der Waals surface area contributed by atoms with Gasteiger partial charge in [-0.15, -0.1) is 0 Å². The zero-order valence-electron chi connectivity index (χ0n) is 31.5. The zero-order chi connectivity index (χ0) is 43.6. The molecule has 0 bridgehead atoms. The molecule has 1 aliphatic rings. The second-order valence-corrected chi connectivity index (χ2v) is 18.5. The number of imidazole rings is 1. The van der Waals surface area contributed by atoms with Crippen molar-refractivity contribution < 1.29 is 85.3 Å². The highest BCUT2D eigenvalue weighted by Crippen LogP contribution is 2.56. The van der Waals surface area contributed by atoms with Gasteiger partial charge in [-0.25, -0.2) is 19.3 Å². The van der Waals surface area contributed by atoms with Crippen LogP contribution in [0.25, 0.3) is 11.2 Å². The summed E-state index contributed by atoms with van der Waals surface area (Å²) < 4.78 is 60.5. The van der Waals surface area contributed by atoms with E-state index in [2.05, 4.69) is 43.5 Å². The van der Waals surface area contributed by atoms with Gasteiger partial charge in [0.2, 0.25) is 11.8 Å². The van der Waals surface area contributed by atoms with Crippen molar-refractivity contribution >= 4 is 74.9 Å². The summed E-state index contributed by atoms with van der Waals surface area (Å²) >= 11 is 0.925. The molecule has 0 aliphatic carbocycles. The fraction of sp³-hybridized carbons (Fsp3) is 0.690. The maximum absolute atomic E-state index is 12.6. The van der Waals surface area contributed by atoms with Crippen LogP contribution in [0.1, 0.15) is 59.6 Å². The number of aromatic nitrogens is 4. The monoisotopic (exact) mass is 903 g/mol. The Bertz CT molecular complexity index is 1920. The first-order chi connectivity index (χ1) is 26.9. The first kappa shape index (κ1) is 49.6. The van der Waals surface area contributed by atoms with Gasteiger partial charge in [0.15, 0.2) is 22.8 Å². The minimum atomic E-state index is -5.93. The van der Waals surface area contributed by atoms with E-state index in [-0.39, 0.29) is 53.1 Å². The van der Waals surface area contributed by atoms with Gasteiger partial charge in [-0.05, 0) is 12.8 Å². The number of ketones is 1. The first-order valence-corrected chi connectivity index (χ1v) is 22.8. The van der Waals surface area contributed by atoms with E-state index in [0.29, 0.717) is 19.3 Å². The molecule has 3 heterocycles. The number of anilines is 1. The van der Waals surface area contributed by atoms with Crippen molar-refractivity contribution in [2.75, 3.05) is 37.8 Å². The van der Waals surface area contributed by atoms with E-state index < -0.39 is 90.5 Å². The molecule has 3 rings (SSSR count). The summed E-state index contributed by atoms with van der Waals surface area (Å²) in [4.78, 5) is 109. The van der Waals surface area contributed by atoms with Crippen molar-refractivity contribution in [3.05, 3.63) is 12.7 Å². The standard InChI is InChI=1S/C29H48N7O18P3S/c1-5-7-17(37)16(6-2)28(42)58-11-10-31-19(38)8-9-32-26(41)23(40)29(3,4)13-51-57(48,49)54-56(46,47)50-12-18-22(53-55(43,44)45)21(39)27(52-18)36-15-35-20-24(30)33-14-34-25(20)36/h14-16,18,21-23,27,39-40H,5-13H2,1-4H3,(H,31,38)(H,32,41)(H,46,47)(H,48,49)(H2,30,33,34)(H2,43,44,45)/p-4/t16?,18-,21-,22-,23+,27-/m1/s1. The van der Waals surface area contributed by atoms with E-state index in [1.807, 2.05) is 6.92 Å². The third-order valence-electron chi connectivity index (χ3n) is 8.30. The van der Waals surface area contributed by atoms with Gasteiger partial charge in [0.05, 0.1) is 33.3 Å². The van der Waals surface area contributed by atoms with Gasteiger partial charge in [0.25, 0.3) is 15.6 Å². The van der Waals surface area contributed by atoms with E-state index in [9.17, 15) is 62.7 Å². The smallest absolute Gasteiger partial charge is 0.274 e. The molecule has 58 heavy (non-hydrogen) atoms. The van der Waals surface area contributed by atoms with Gasteiger partial charge in [-0.1, -0.05) is 39.5 Å². The number of fused-ring (bicyclic) bond motifs is 1. The normalized spacial score (nSPS) is 21.8. The molecular formula is C29H44N7O18P3S-4. The fourth-order valence-corrected chi connectivity index (χ4v) is 8.95. The van der Waals surface area contributed by atoms with Gasteiger partial charge < -0.3 is 69.0 Å². The molecule has 3 unspecified atom stereocenters. The Morgan fingerprint density at radius 1 is 1.03 bits per heavy atom. The number of nitrogens with two attached hydrogens (primary N) is 1. The molecule has 0 saturated carbocycles. The molecule has 29 heteroatoms. The van der Waals surface area contributed by atoms with Crippen LogP contribution in [0.5, 0.6) is 0 Å². The lowest BCUT2D eigenvalue weighted by molar-refractivity contribution is -0.347. The summed E-state index contributed by atoms with van der Waals surface area (Å²) in [6.07, 6.45) is -6.39. The lowest BCUT2D eigenvalue weighted by Crippen LogP contribution is -2.46. The van der Waals surface area contributed by atoms with Gasteiger partial charge >= 0.3 is 0 Å². The van der Waals surface area contributed by atoms with Crippen molar-refractivity contribution in [3.63, 3.8) is 0 Å². The number of aliphatic hydroxyl groups is 2. The number of Topliss-reactive ketones (excluding diaryl/α,β-unsaturated/α-hetero) is 1. The van der Waals surface area contributed by atoms with Crippen LogP contribution in [0.15, 0.2) is 12.7 Å². The van der Waals surface area contributed by atoms with Crippen molar-refractivity contribution in [1.29, 1.82) is 0 Å². The highest BCUT2D eigenvalue weighted by atomic mass is 32.2. The Morgan fingerprint density at radius 3 is 2.34 bits per heavy atom. The van der Waals surface area contributed by atoms with Crippen LogP contribution in [-0.2, 0) is 55.5 Å². The minimum absolute atomic E-state index is 0.0273. The number of rotatable bonds is 24. The molecule has 1 saturated heterocycles. The number of ether oxygens (including phenoxy) is 1. The molecule has 0 radical (unpaired) electrons. The third-order valence-corrected chi connectivity index (χ3v) is 12.3. The quantitative estimate of drug-likeness (QED) is 0.0414. The lowest BCUT2D eigenvalue weighted by Gasteiger charge is -2.36. The highest BCUT2D eigenvalue weighted by molar-refractivity contribution is 8.13. The SMILES string of the molecule is CCCC(=O)C(CC)C(=O)SCCNC(=O)CCNC(=O)[C@H](O)C(C)(C)COP(=O)([O-])OP(=O)([O-])OC[C@H]1O[C@@H](n2cnc3c(N)ncnc32)[C@H](O)[C@@H]1OP(=O)([O-])[O-]. The van der Waals surface area contributed by atoms with E-state index in [1.165, 1.54) is 13.8 Å². The molecule has 0 spiro atoms. The zero-order valence-corrected chi connectivity index (χ0v) is 35.0. The van der Waals surface area contributed by atoms with Crippen LogP contribution in [0.3, 0.4) is 0 Å². The van der Waals surface area contributed by atoms with Crippen molar-refractivity contribution in [2.45, 2.75) is 84.0 Å². The van der Waals surface area contributed by atoms with Crippen LogP contribution in [0, 0.1) is 11.3 Å². The van der Waals surface area contributed by atoms with Gasteiger partial charge in [-0.2, -0.15) is 0 Å². The number of carbonyl (C=O) groups excluding carboxylic acids is 4. The number of thioether (sulfide) groups is 1. The van der Waals surface area contributed by atoms with Crippen LogP contribution < -0.4 is 35.9 Å². The number of hydrogen-bond acceptors (Lipinski definition) is 23. The fourth-order valence-electron chi connectivity index (χ4n) is 5.31. The summed E-state index contributed by atoms with van der Waals surface area (Å²) in [5.41, 5.74) is 4.03. The van der Waals surface area contributed by atoms with Crippen LogP contribution in [-0.4, -0.2) is 109 Å². The number of nitrogens with zero attached hydrogens (tertiary/aromatic N) is 4. The molecule has 2 amide bonds. The highest BCUT2D eigenvalue weighted by Gasteiger charge is 2.47. The number of carbonyl (C=O) groups is 4. The van der Waals surface area contributed by atoms with Crippen LogP contribution in [0.4, 0.5) is 5.82 Å². The topological polar surface area (TPSA) is 392 Å². The van der Waals surface area contributed by atoms with Gasteiger partial charge in [0, 0.05) is 37.1 Å². The Hall–Kier alpha value is -2.77. The number of phosphoric ester groups is 3. The van der Waals surface area contributed by atoms with E-state index in [0.717, 1.165) is 29.0 Å². The van der Waals surface area contributed by atoms with E-state index in [1.54, 1.807) is 6.92 Å². The maximum Gasteiger partial charge on any atom is 0.274 e. The second-order valence-electron chi connectivity index (χ2n) is 13.3. The molecule has 6 N–H and O–H groups in total. The predicted molar refractivity (Wildman–Crippen MR) is 192 cm³/mol. The van der Waals surface area contributed by atoms with Crippen molar-refractivity contribution in [2.24, 2.45) is 11.3 Å². The van der Waals surface area contributed by atoms with E-state index >= 15 is 0 Å². The largest absolute Gasteiger partial charge is 0.790 e. The molecule has 0 aromatic carbocycles. The Kier molecular flexibility index (Phi) is 18.1. The molecule has 2 aromatic rings. The minimum Gasteiger partial charge on any atom is -0.790 e. The number of phosphoric acid groups is 3. The summed E-state index contributed by atoms with van der Waals surface area (Å²) in [5, 5.41) is 25.9. The summed E-state index contributed by atoms with van der Waals surface area (Å²) in [5.74, 6) is -2.25. The Balaban J connectivity index is 1.48.